The smallest absolute Gasteiger partial charge is 0.354 e. The number of carbonyl (C=O) groups excluding carboxylic acids is 2. The quantitative estimate of drug-likeness (QED) is 0.318. The Morgan fingerprint density at radius 1 is 0.837 bits per heavy atom. The van der Waals surface area contributed by atoms with Crippen LogP contribution in [0.2, 0.25) is 0 Å². The molecule has 3 aromatic rings. The van der Waals surface area contributed by atoms with E-state index in [4.69, 9.17) is 11.2 Å². The number of hydrogen-bond acceptors (Lipinski definition) is 5. The number of anilines is 2. The van der Waals surface area contributed by atoms with Crippen LogP contribution in [0.5, 0.6) is 5.75 Å². The van der Waals surface area contributed by atoms with Crippen molar-refractivity contribution in [2.24, 2.45) is 0 Å². The summed E-state index contributed by atoms with van der Waals surface area (Å²) < 4.78 is 6.42. The van der Waals surface area contributed by atoms with Gasteiger partial charge in [0, 0.05) is 59.6 Å². The predicted molar refractivity (Wildman–Crippen MR) is 182 cm³/mol. The van der Waals surface area contributed by atoms with E-state index in [1.807, 2.05) is 12.1 Å². The SMILES string of the molecule is C#CC#CC#CC#CC#CC#CC#CC#CC#COc1ccccc1NC(=O)C(C(=O)N1CCc2ccccc21)n1nc(C)cc1C(=O)O. The zero-order valence-corrected chi connectivity index (χ0v) is 25.7. The molecule has 2 heterocycles. The fourth-order valence-corrected chi connectivity index (χ4v) is 4.32. The molecule has 1 aliphatic heterocycles. The van der Waals surface area contributed by atoms with Gasteiger partial charge in [-0.25, -0.2) is 9.48 Å². The summed E-state index contributed by atoms with van der Waals surface area (Å²) >= 11 is 0. The molecule has 0 fully saturated rings. The van der Waals surface area contributed by atoms with Crippen molar-refractivity contribution in [1.29, 1.82) is 0 Å². The Kier molecular flexibility index (Phi) is 12.0. The van der Waals surface area contributed by atoms with Gasteiger partial charge in [0.1, 0.15) is 11.8 Å². The lowest BCUT2D eigenvalue weighted by Gasteiger charge is -2.24. The topological polar surface area (TPSA) is 114 Å². The Labute approximate surface area is 283 Å². The van der Waals surface area contributed by atoms with Crippen LogP contribution in [0.3, 0.4) is 0 Å². The minimum absolute atomic E-state index is 0.156. The van der Waals surface area contributed by atoms with Gasteiger partial charge in [-0.1, -0.05) is 30.3 Å². The van der Waals surface area contributed by atoms with Crippen molar-refractivity contribution in [2.75, 3.05) is 16.8 Å². The Bertz CT molecular complexity index is 2410. The number of hydrogen-bond donors (Lipinski definition) is 2. The fourth-order valence-electron chi connectivity index (χ4n) is 4.32. The fraction of sp³-hybridized carbons (Fsp3) is 0.100. The normalized spacial score (nSPS) is 10.1. The maximum absolute atomic E-state index is 14.0. The van der Waals surface area contributed by atoms with E-state index in [-0.39, 0.29) is 17.1 Å². The zero-order chi connectivity index (χ0) is 34.8. The van der Waals surface area contributed by atoms with Gasteiger partial charge in [0.15, 0.2) is 5.75 Å². The van der Waals surface area contributed by atoms with Gasteiger partial charge in [-0.15, -0.1) is 6.42 Å². The van der Waals surface area contributed by atoms with Crippen LogP contribution in [-0.2, 0) is 16.0 Å². The highest BCUT2D eigenvalue weighted by atomic mass is 16.5. The van der Waals surface area contributed by atoms with Crippen molar-refractivity contribution < 1.29 is 24.2 Å². The number of amides is 2. The minimum Gasteiger partial charge on any atom is -0.477 e. The first-order valence-electron chi connectivity index (χ1n) is 14.1. The number of fused-ring (bicyclic) bond motifs is 1. The molecular formula is C40H20N4O5. The van der Waals surface area contributed by atoms with Crippen LogP contribution in [-0.4, -0.2) is 39.2 Å². The van der Waals surface area contributed by atoms with Gasteiger partial charge in [-0.05, 0) is 90.5 Å². The maximum atomic E-state index is 14.0. The van der Waals surface area contributed by atoms with Crippen LogP contribution in [0.1, 0.15) is 27.8 Å². The number of rotatable bonds is 6. The van der Waals surface area contributed by atoms with Gasteiger partial charge < -0.3 is 20.1 Å². The second-order valence-corrected chi connectivity index (χ2v) is 9.40. The van der Waals surface area contributed by atoms with Crippen LogP contribution in [0, 0.1) is 114 Å². The molecule has 49 heavy (non-hydrogen) atoms. The molecule has 2 aromatic carbocycles. The third-order valence-corrected chi connectivity index (χ3v) is 6.26. The average molecular weight is 637 g/mol. The van der Waals surface area contributed by atoms with E-state index < -0.39 is 23.8 Å². The van der Waals surface area contributed by atoms with E-state index in [1.54, 1.807) is 43.3 Å². The number of carboxylic acid groups (broad SMARTS) is 1. The Morgan fingerprint density at radius 3 is 2.04 bits per heavy atom. The van der Waals surface area contributed by atoms with Crippen molar-refractivity contribution in [3.8, 4) is 113 Å². The number of ether oxygens (including phenoxy) is 1. The summed E-state index contributed by atoms with van der Waals surface area (Å²) in [6.07, 6.45) is 7.96. The molecule has 1 aromatic heterocycles. The molecule has 4 rings (SSSR count). The monoisotopic (exact) mass is 636 g/mol. The zero-order valence-electron chi connectivity index (χ0n) is 25.7. The van der Waals surface area contributed by atoms with Crippen LogP contribution < -0.4 is 15.0 Å². The second kappa shape index (κ2) is 17.4. The van der Waals surface area contributed by atoms with Crippen LogP contribution in [0.15, 0.2) is 54.6 Å². The van der Waals surface area contributed by atoms with Crippen molar-refractivity contribution in [3.05, 3.63) is 71.5 Å². The molecule has 9 nitrogen and oxygen atoms in total. The summed E-state index contributed by atoms with van der Waals surface area (Å²) in [5.74, 6) is 36.4. The van der Waals surface area contributed by atoms with Crippen LogP contribution in [0.25, 0.3) is 0 Å². The molecule has 1 unspecified atom stereocenters. The number of carbonyl (C=O) groups is 3. The number of carboxylic acids is 1. The van der Waals surface area contributed by atoms with E-state index in [9.17, 15) is 19.5 Å². The highest BCUT2D eigenvalue weighted by Gasteiger charge is 2.39. The third kappa shape index (κ3) is 9.44. The van der Waals surface area contributed by atoms with Crippen LogP contribution in [0.4, 0.5) is 11.4 Å². The van der Waals surface area contributed by atoms with Gasteiger partial charge in [0.2, 0.25) is 6.04 Å². The molecule has 1 atom stereocenters. The van der Waals surface area contributed by atoms with Gasteiger partial charge in [-0.3, -0.25) is 9.59 Å². The summed E-state index contributed by atoms with van der Waals surface area (Å²) in [6, 6.07) is 13.4. The molecule has 230 valence electrons. The first kappa shape index (κ1) is 33.8. The number of aromatic carboxylic acids is 1. The molecule has 0 aliphatic carbocycles. The van der Waals surface area contributed by atoms with Gasteiger partial charge >= 0.3 is 5.97 Å². The highest BCUT2D eigenvalue weighted by Crippen LogP contribution is 2.31. The highest BCUT2D eigenvalue weighted by molar-refractivity contribution is 6.14. The minimum atomic E-state index is -1.64. The van der Waals surface area contributed by atoms with E-state index in [1.165, 1.54) is 11.0 Å². The van der Waals surface area contributed by atoms with Gasteiger partial charge in [-0.2, -0.15) is 5.10 Å². The first-order chi connectivity index (χ1) is 23.9. The summed E-state index contributed by atoms with van der Waals surface area (Å²) in [5.41, 5.74) is 1.78. The van der Waals surface area contributed by atoms with Crippen molar-refractivity contribution in [2.45, 2.75) is 19.4 Å². The maximum Gasteiger partial charge on any atom is 0.354 e. The molecule has 0 saturated heterocycles. The molecule has 2 N–H and O–H groups in total. The summed E-state index contributed by atoms with van der Waals surface area (Å²) in [5, 5.41) is 16.7. The number of terminal acetylenes is 1. The van der Waals surface area contributed by atoms with Crippen molar-refractivity contribution in [1.82, 2.24) is 9.78 Å². The lowest BCUT2D eigenvalue weighted by atomic mass is 10.1. The molecule has 0 bridgehead atoms. The average Bonchev–Trinajstić information content (AvgIpc) is 3.70. The lowest BCUT2D eigenvalue weighted by molar-refractivity contribution is -0.130. The Balaban J connectivity index is 1.47. The summed E-state index contributed by atoms with van der Waals surface area (Å²) in [4.78, 5) is 41.3. The Hall–Kier alpha value is -8.10. The molecule has 1 aliphatic rings. The van der Waals surface area contributed by atoms with Crippen molar-refractivity contribution >= 4 is 29.2 Å². The third-order valence-electron chi connectivity index (χ3n) is 6.26. The molecular weight excluding hydrogens is 616 g/mol. The molecule has 0 spiro atoms. The molecule has 9 heteroatoms. The van der Waals surface area contributed by atoms with Gasteiger partial charge in [0.05, 0.1) is 11.4 Å². The van der Waals surface area contributed by atoms with E-state index in [0.29, 0.717) is 24.3 Å². The standard InChI is InChI=1S/C40H20N4O5/c1-3-4-5-6-7-8-9-10-11-12-13-14-15-16-17-22-29-49-36-26-21-19-24-33(36)41-38(45)37(44-35(40(47)48)30-31(2)42-44)39(46)43-28-27-32-23-18-20-25-34(32)43/h1,18-21,23-26,30,37H,27-28H2,2H3,(H,41,45)(H,47,48). The van der Waals surface area contributed by atoms with E-state index in [0.717, 1.165) is 10.2 Å². The molecule has 0 radical (unpaired) electrons. The largest absolute Gasteiger partial charge is 0.477 e. The van der Waals surface area contributed by atoms with Crippen molar-refractivity contribution in [3.63, 3.8) is 0 Å². The molecule has 0 saturated carbocycles. The van der Waals surface area contributed by atoms with Gasteiger partial charge in [0.25, 0.3) is 11.8 Å². The summed E-state index contributed by atoms with van der Waals surface area (Å²) in [7, 11) is 0. The second-order valence-electron chi connectivity index (χ2n) is 9.40. The predicted octanol–water partition coefficient (Wildman–Crippen LogP) is 2.66. The summed E-state index contributed by atoms with van der Waals surface area (Å²) in [6.45, 7) is 1.90. The molecule has 2 amide bonds. The Morgan fingerprint density at radius 2 is 1.41 bits per heavy atom. The first-order valence-corrected chi connectivity index (χ1v) is 14.1. The number of aromatic nitrogens is 2. The van der Waals surface area contributed by atoms with Crippen LogP contribution >= 0.6 is 0 Å². The number of aryl methyl sites for hydroxylation is 1. The van der Waals surface area contributed by atoms with E-state index >= 15 is 0 Å². The number of nitrogens with zero attached hydrogens (tertiary/aromatic N) is 3. The number of benzene rings is 2. The van der Waals surface area contributed by atoms with E-state index in [2.05, 4.69) is 111 Å². The lowest BCUT2D eigenvalue weighted by Crippen LogP contribution is -2.43. The number of nitrogens with one attached hydrogen (secondary N) is 1. The number of para-hydroxylation sites is 3.